The molecular weight excluding hydrogens is 440 g/mol. The van der Waals surface area contributed by atoms with Gasteiger partial charge in [0.05, 0.1) is 18.7 Å². The van der Waals surface area contributed by atoms with E-state index in [1.807, 2.05) is 105 Å². The Morgan fingerprint density at radius 3 is 2.31 bits per heavy atom. The van der Waals surface area contributed by atoms with E-state index in [2.05, 4.69) is 10.6 Å². The Hall–Kier alpha value is -3.74. The summed E-state index contributed by atoms with van der Waals surface area (Å²) in [4.78, 5) is 30.0. The quantitative estimate of drug-likeness (QED) is 0.399. The predicted octanol–water partition coefficient (Wildman–Crippen LogP) is 5.60. The van der Waals surface area contributed by atoms with Gasteiger partial charge in [0.1, 0.15) is 5.76 Å². The minimum Gasteiger partial charge on any atom is -0.467 e. The highest BCUT2D eigenvalue weighted by atomic mass is 16.3. The zero-order valence-corrected chi connectivity index (χ0v) is 21.2. The van der Waals surface area contributed by atoms with E-state index in [4.69, 9.17) is 4.42 Å². The van der Waals surface area contributed by atoms with Crippen LogP contribution in [0.15, 0.2) is 71.3 Å². The molecule has 0 spiro atoms. The summed E-state index contributed by atoms with van der Waals surface area (Å²) in [5, 5.41) is 5.74. The maximum absolute atomic E-state index is 13.9. The number of nitrogens with one attached hydrogen (secondary N) is 2. The molecule has 3 aromatic rings. The molecule has 3 rings (SSSR count). The highest BCUT2D eigenvalue weighted by molar-refractivity contribution is 5.90. The van der Waals surface area contributed by atoms with Crippen LogP contribution in [0.2, 0.25) is 0 Å². The van der Waals surface area contributed by atoms with Gasteiger partial charge in [-0.15, -0.1) is 0 Å². The first-order valence-corrected chi connectivity index (χ1v) is 12.0. The number of hydrogen-bond donors (Lipinski definition) is 2. The van der Waals surface area contributed by atoms with Gasteiger partial charge in [-0.3, -0.25) is 4.79 Å². The molecule has 2 aromatic carbocycles. The van der Waals surface area contributed by atoms with Crippen LogP contribution < -0.4 is 15.5 Å². The maximum Gasteiger partial charge on any atom is 0.319 e. The van der Waals surface area contributed by atoms with Crippen LogP contribution in [0.25, 0.3) is 0 Å². The van der Waals surface area contributed by atoms with Crippen LogP contribution in [0, 0.1) is 0 Å². The first-order valence-electron chi connectivity index (χ1n) is 12.0. The number of urea groups is 1. The number of benzene rings is 2. The van der Waals surface area contributed by atoms with Gasteiger partial charge in [-0.05, 0) is 61.7 Å². The monoisotopic (exact) mass is 476 g/mol. The third-order valence-electron chi connectivity index (χ3n) is 5.75. The van der Waals surface area contributed by atoms with Gasteiger partial charge in [0, 0.05) is 38.1 Å². The topological polar surface area (TPSA) is 77.8 Å². The molecule has 1 heterocycles. The molecule has 0 fully saturated rings. The van der Waals surface area contributed by atoms with Crippen molar-refractivity contribution in [3.63, 3.8) is 0 Å². The Kier molecular flexibility index (Phi) is 8.95. The second-order valence-corrected chi connectivity index (χ2v) is 9.14. The lowest BCUT2D eigenvalue weighted by Crippen LogP contribution is -2.35. The van der Waals surface area contributed by atoms with Crippen molar-refractivity contribution in [3.8, 4) is 0 Å². The Morgan fingerprint density at radius 2 is 1.71 bits per heavy atom. The number of anilines is 2. The van der Waals surface area contributed by atoms with Crippen molar-refractivity contribution in [1.82, 2.24) is 10.2 Å². The summed E-state index contributed by atoms with van der Waals surface area (Å²) in [6.45, 7) is 6.58. The average Bonchev–Trinajstić information content (AvgIpc) is 3.32. The molecule has 35 heavy (non-hydrogen) atoms. The van der Waals surface area contributed by atoms with Crippen molar-refractivity contribution >= 4 is 23.3 Å². The van der Waals surface area contributed by atoms with E-state index in [1.165, 1.54) is 0 Å². The summed E-state index contributed by atoms with van der Waals surface area (Å²) in [5.41, 5.74) is 3.58. The summed E-state index contributed by atoms with van der Waals surface area (Å²) in [6.07, 6.45) is 2.31. The molecule has 7 heteroatoms. The molecule has 0 radical (unpaired) electrons. The lowest BCUT2D eigenvalue weighted by atomic mass is 9.94. The molecule has 0 saturated heterocycles. The first-order chi connectivity index (χ1) is 16.8. The number of nitrogens with zero attached hydrogens (tertiary/aromatic N) is 2. The summed E-state index contributed by atoms with van der Waals surface area (Å²) < 4.78 is 5.59. The van der Waals surface area contributed by atoms with Crippen LogP contribution in [0.5, 0.6) is 0 Å². The third kappa shape index (κ3) is 7.12. The van der Waals surface area contributed by atoms with Crippen molar-refractivity contribution in [3.05, 3.63) is 83.8 Å². The van der Waals surface area contributed by atoms with E-state index in [9.17, 15) is 9.59 Å². The fourth-order valence-corrected chi connectivity index (χ4v) is 4.12. The van der Waals surface area contributed by atoms with E-state index in [0.29, 0.717) is 25.2 Å². The van der Waals surface area contributed by atoms with Crippen LogP contribution in [-0.2, 0) is 17.9 Å². The van der Waals surface area contributed by atoms with Gasteiger partial charge in [0.25, 0.3) is 0 Å². The molecule has 1 atom stereocenters. The fourth-order valence-electron chi connectivity index (χ4n) is 4.12. The second kappa shape index (κ2) is 12.1. The van der Waals surface area contributed by atoms with Crippen LogP contribution >= 0.6 is 0 Å². The number of amides is 3. The fraction of sp³-hybridized carbons (Fsp3) is 0.357. The van der Waals surface area contributed by atoms with Gasteiger partial charge in [-0.25, -0.2) is 4.79 Å². The number of carbonyl (C=O) groups excluding carboxylic acids is 2. The highest BCUT2D eigenvalue weighted by Gasteiger charge is 2.26. The lowest BCUT2D eigenvalue weighted by Gasteiger charge is -2.29. The summed E-state index contributed by atoms with van der Waals surface area (Å²) in [6, 6.07) is 19.1. The number of hydrogen-bond acceptors (Lipinski definition) is 4. The second-order valence-electron chi connectivity index (χ2n) is 9.14. The molecule has 186 valence electrons. The predicted molar refractivity (Wildman–Crippen MR) is 140 cm³/mol. The molecule has 0 aliphatic rings. The minimum atomic E-state index is -0.262. The molecule has 2 N–H and O–H groups in total. The number of rotatable bonds is 10. The number of carbonyl (C=O) groups is 2. The Balaban J connectivity index is 1.94. The Labute approximate surface area is 208 Å². The van der Waals surface area contributed by atoms with Crippen molar-refractivity contribution in [2.75, 3.05) is 24.3 Å². The lowest BCUT2D eigenvalue weighted by molar-refractivity contribution is -0.134. The smallest absolute Gasteiger partial charge is 0.319 e. The molecule has 7 nitrogen and oxygen atoms in total. The standard InChI is InChI=1S/C28H36N4O3/c1-6-25(21-11-8-7-9-12-21)27(33)32(19-24-13-10-16-35-24)18-22-17-23(14-15-26(22)31(4)5)30-28(34)29-20(2)3/h7-17,20,25H,6,18-19H2,1-5H3,(H2,29,30,34). The zero-order valence-electron chi connectivity index (χ0n) is 21.2. The first kappa shape index (κ1) is 25.9. The largest absolute Gasteiger partial charge is 0.467 e. The summed E-state index contributed by atoms with van der Waals surface area (Å²) in [5.74, 6) is 0.501. The SMILES string of the molecule is CCC(C(=O)N(Cc1ccco1)Cc1cc(NC(=O)NC(C)C)ccc1N(C)C)c1ccccc1. The minimum absolute atomic E-state index is 0.0286. The summed E-state index contributed by atoms with van der Waals surface area (Å²) in [7, 11) is 3.93. The number of furan rings is 1. The molecule has 1 unspecified atom stereocenters. The van der Waals surface area contributed by atoms with Gasteiger partial charge in [0.2, 0.25) is 5.91 Å². The van der Waals surface area contributed by atoms with Crippen LogP contribution in [-0.4, -0.2) is 37.0 Å². The third-order valence-corrected chi connectivity index (χ3v) is 5.75. The van der Waals surface area contributed by atoms with Gasteiger partial charge in [-0.2, -0.15) is 0 Å². The summed E-state index contributed by atoms with van der Waals surface area (Å²) >= 11 is 0. The molecule has 1 aromatic heterocycles. The van der Waals surface area contributed by atoms with E-state index < -0.39 is 0 Å². The molecule has 0 bridgehead atoms. The van der Waals surface area contributed by atoms with E-state index in [-0.39, 0.29) is 23.9 Å². The maximum atomic E-state index is 13.9. The highest BCUT2D eigenvalue weighted by Crippen LogP contribution is 2.28. The van der Waals surface area contributed by atoms with Gasteiger partial charge in [0.15, 0.2) is 0 Å². The molecule has 0 aliphatic carbocycles. The molecular formula is C28H36N4O3. The van der Waals surface area contributed by atoms with E-state index >= 15 is 0 Å². The van der Waals surface area contributed by atoms with Crippen LogP contribution in [0.1, 0.15) is 50.0 Å². The van der Waals surface area contributed by atoms with Crippen LogP contribution in [0.4, 0.5) is 16.2 Å². The van der Waals surface area contributed by atoms with Crippen molar-refractivity contribution < 1.29 is 14.0 Å². The Bertz CT molecular complexity index is 1090. The zero-order chi connectivity index (χ0) is 25.4. The van der Waals surface area contributed by atoms with Gasteiger partial charge >= 0.3 is 6.03 Å². The van der Waals surface area contributed by atoms with Crippen LogP contribution in [0.3, 0.4) is 0 Å². The van der Waals surface area contributed by atoms with Gasteiger partial charge < -0.3 is 24.9 Å². The molecule has 0 saturated carbocycles. The van der Waals surface area contributed by atoms with E-state index in [1.54, 1.807) is 6.26 Å². The van der Waals surface area contributed by atoms with Gasteiger partial charge in [-0.1, -0.05) is 37.3 Å². The van der Waals surface area contributed by atoms with Crippen molar-refractivity contribution in [2.45, 2.75) is 52.2 Å². The van der Waals surface area contributed by atoms with Crippen molar-refractivity contribution in [1.29, 1.82) is 0 Å². The normalized spacial score (nSPS) is 11.7. The Morgan fingerprint density at radius 1 is 0.971 bits per heavy atom. The van der Waals surface area contributed by atoms with E-state index in [0.717, 1.165) is 22.6 Å². The molecule has 0 aliphatic heterocycles. The average molecular weight is 477 g/mol. The molecule has 3 amide bonds. The van der Waals surface area contributed by atoms with Crippen molar-refractivity contribution in [2.24, 2.45) is 0 Å².